The molecule has 2 bridgehead atoms. The molecule has 2 atom stereocenters. The minimum absolute atomic E-state index is 0.118. The first kappa shape index (κ1) is 8.53. The van der Waals surface area contributed by atoms with Crippen molar-refractivity contribution in [2.75, 3.05) is 0 Å². The maximum Gasteiger partial charge on any atom is 0.233 e. The van der Waals surface area contributed by atoms with E-state index in [4.69, 9.17) is 11.5 Å². The molecular weight excluding hydrogens is 168 g/mol. The van der Waals surface area contributed by atoms with Gasteiger partial charge < -0.3 is 11.5 Å². The quantitative estimate of drug-likeness (QED) is 0.577. The average molecular weight is 182 g/mol. The third-order valence-electron chi connectivity index (χ3n) is 3.73. The Bertz CT molecular complexity index is 261. The van der Waals surface area contributed by atoms with Crippen molar-refractivity contribution in [1.82, 2.24) is 0 Å². The van der Waals surface area contributed by atoms with Crippen LogP contribution < -0.4 is 11.5 Å². The van der Waals surface area contributed by atoms with E-state index in [0.29, 0.717) is 12.3 Å². The monoisotopic (exact) mass is 182 g/mol. The highest BCUT2D eigenvalue weighted by Crippen LogP contribution is 2.55. The molecule has 0 aromatic heterocycles. The van der Waals surface area contributed by atoms with E-state index >= 15 is 0 Å². The van der Waals surface area contributed by atoms with Crippen molar-refractivity contribution in [1.29, 1.82) is 0 Å². The predicted octanol–water partition coefficient (Wildman–Crippen LogP) is -0.237. The number of amides is 2. The molecule has 0 heterocycles. The molecule has 13 heavy (non-hydrogen) atoms. The highest BCUT2D eigenvalue weighted by atomic mass is 16.2. The molecule has 0 aromatic rings. The first-order valence-corrected chi connectivity index (χ1v) is 4.67. The van der Waals surface area contributed by atoms with Crippen LogP contribution in [0.3, 0.4) is 0 Å². The lowest BCUT2D eigenvalue weighted by Crippen LogP contribution is -2.51. The molecule has 72 valence electrons. The zero-order chi connectivity index (χ0) is 9.64. The molecule has 0 aromatic carbocycles. The molecule has 2 aliphatic carbocycles. The summed E-state index contributed by atoms with van der Waals surface area (Å²) in [6, 6.07) is 0. The second-order valence-corrected chi connectivity index (χ2v) is 4.28. The van der Waals surface area contributed by atoms with Gasteiger partial charge in [-0.1, -0.05) is 6.42 Å². The Morgan fingerprint density at radius 3 is 2.00 bits per heavy atom. The van der Waals surface area contributed by atoms with Crippen molar-refractivity contribution in [2.45, 2.75) is 25.7 Å². The van der Waals surface area contributed by atoms with Crippen LogP contribution >= 0.6 is 0 Å². The molecule has 2 unspecified atom stereocenters. The lowest BCUT2D eigenvalue weighted by atomic mass is 9.72. The van der Waals surface area contributed by atoms with E-state index in [2.05, 4.69) is 0 Å². The van der Waals surface area contributed by atoms with Gasteiger partial charge in [-0.2, -0.15) is 0 Å². The maximum atomic E-state index is 11.3. The van der Waals surface area contributed by atoms with Crippen molar-refractivity contribution in [3.63, 3.8) is 0 Å². The second-order valence-electron chi connectivity index (χ2n) is 4.28. The summed E-state index contributed by atoms with van der Waals surface area (Å²) in [5.74, 6) is -0.433. The fourth-order valence-corrected chi connectivity index (χ4v) is 3.05. The molecule has 2 amide bonds. The van der Waals surface area contributed by atoms with Crippen LogP contribution in [-0.2, 0) is 9.59 Å². The third kappa shape index (κ3) is 0.913. The van der Waals surface area contributed by atoms with Gasteiger partial charge in [-0.3, -0.25) is 9.59 Å². The number of nitrogens with two attached hydrogens (primary N) is 2. The maximum absolute atomic E-state index is 11.3. The van der Waals surface area contributed by atoms with Crippen LogP contribution in [0.5, 0.6) is 0 Å². The molecule has 2 saturated carbocycles. The summed E-state index contributed by atoms with van der Waals surface area (Å²) in [7, 11) is 0. The first-order chi connectivity index (χ1) is 6.07. The van der Waals surface area contributed by atoms with E-state index in [1.54, 1.807) is 0 Å². The number of fused-ring (bicyclic) bond motifs is 2. The SMILES string of the molecule is NC(=O)C1(C(N)=O)CC2CCC1C2. The second kappa shape index (κ2) is 2.47. The van der Waals surface area contributed by atoms with Gasteiger partial charge in [0.2, 0.25) is 11.8 Å². The van der Waals surface area contributed by atoms with E-state index in [9.17, 15) is 9.59 Å². The van der Waals surface area contributed by atoms with E-state index in [-0.39, 0.29) is 5.92 Å². The fraction of sp³-hybridized carbons (Fsp3) is 0.778. The molecule has 0 radical (unpaired) electrons. The Hall–Kier alpha value is -1.06. The van der Waals surface area contributed by atoms with Crippen LogP contribution in [0.25, 0.3) is 0 Å². The van der Waals surface area contributed by atoms with Gasteiger partial charge >= 0.3 is 0 Å². The zero-order valence-electron chi connectivity index (χ0n) is 7.45. The average Bonchev–Trinajstić information content (AvgIpc) is 2.61. The van der Waals surface area contributed by atoms with Crippen LogP contribution in [0.4, 0.5) is 0 Å². The Morgan fingerprint density at radius 2 is 1.77 bits per heavy atom. The predicted molar refractivity (Wildman–Crippen MR) is 46.3 cm³/mol. The summed E-state index contributed by atoms with van der Waals surface area (Å²) in [6.07, 6.45) is 3.58. The topological polar surface area (TPSA) is 86.2 Å². The van der Waals surface area contributed by atoms with Gasteiger partial charge in [0, 0.05) is 0 Å². The van der Waals surface area contributed by atoms with Crippen molar-refractivity contribution in [3.05, 3.63) is 0 Å². The summed E-state index contributed by atoms with van der Waals surface area (Å²) < 4.78 is 0. The van der Waals surface area contributed by atoms with Gasteiger partial charge in [-0.15, -0.1) is 0 Å². The summed E-state index contributed by atoms with van der Waals surface area (Å²) in [5.41, 5.74) is 9.55. The van der Waals surface area contributed by atoms with Crippen LogP contribution in [0.1, 0.15) is 25.7 Å². The van der Waals surface area contributed by atoms with Gasteiger partial charge in [0.05, 0.1) is 0 Å². The molecular formula is C9H14N2O2. The van der Waals surface area contributed by atoms with Gasteiger partial charge in [0.15, 0.2) is 0 Å². The zero-order valence-corrected chi connectivity index (χ0v) is 7.45. The molecule has 2 fully saturated rings. The lowest BCUT2D eigenvalue weighted by Gasteiger charge is -2.31. The number of carbonyl (C=O) groups excluding carboxylic acids is 2. The summed E-state index contributed by atoms with van der Waals surface area (Å²) in [6.45, 7) is 0. The van der Waals surface area contributed by atoms with Crippen LogP contribution in [0.2, 0.25) is 0 Å². The molecule has 4 heteroatoms. The largest absolute Gasteiger partial charge is 0.369 e. The number of primary amides is 2. The first-order valence-electron chi connectivity index (χ1n) is 4.67. The highest BCUT2D eigenvalue weighted by molar-refractivity contribution is 6.04. The molecule has 4 N–H and O–H groups in total. The summed E-state index contributed by atoms with van der Waals surface area (Å²) in [5, 5.41) is 0. The summed E-state index contributed by atoms with van der Waals surface area (Å²) >= 11 is 0. The molecule has 2 aliphatic rings. The number of carbonyl (C=O) groups is 2. The Kier molecular flexibility index (Phi) is 1.62. The van der Waals surface area contributed by atoms with Crippen LogP contribution in [0.15, 0.2) is 0 Å². The van der Waals surface area contributed by atoms with Crippen molar-refractivity contribution < 1.29 is 9.59 Å². The molecule has 0 saturated heterocycles. The van der Waals surface area contributed by atoms with Gasteiger partial charge in [0.1, 0.15) is 5.41 Å². The van der Waals surface area contributed by atoms with E-state index in [0.717, 1.165) is 19.3 Å². The number of hydrogen-bond acceptors (Lipinski definition) is 2. The van der Waals surface area contributed by atoms with Crippen LogP contribution in [-0.4, -0.2) is 11.8 Å². The summed E-state index contributed by atoms with van der Waals surface area (Å²) in [4.78, 5) is 22.6. The van der Waals surface area contributed by atoms with E-state index < -0.39 is 17.2 Å². The molecule has 0 spiro atoms. The van der Waals surface area contributed by atoms with Crippen molar-refractivity contribution in [2.24, 2.45) is 28.7 Å². The molecule has 0 aliphatic heterocycles. The standard InChI is InChI=1S/C9H14N2O2/c10-7(12)9(8(11)13)4-5-1-2-6(9)3-5/h5-6H,1-4H2,(H2,10,12)(H2,11,13). The lowest BCUT2D eigenvalue weighted by molar-refractivity contribution is -0.143. The normalized spacial score (nSPS) is 34.8. The molecule has 4 nitrogen and oxygen atoms in total. The van der Waals surface area contributed by atoms with Crippen LogP contribution in [0, 0.1) is 17.3 Å². The van der Waals surface area contributed by atoms with Gasteiger partial charge in [-0.05, 0) is 31.1 Å². The third-order valence-corrected chi connectivity index (χ3v) is 3.73. The Labute approximate surface area is 76.6 Å². The van der Waals surface area contributed by atoms with E-state index in [1.807, 2.05) is 0 Å². The van der Waals surface area contributed by atoms with Crippen molar-refractivity contribution >= 4 is 11.8 Å². The van der Waals surface area contributed by atoms with Crippen molar-refractivity contribution in [3.8, 4) is 0 Å². The minimum atomic E-state index is -1.01. The van der Waals surface area contributed by atoms with Gasteiger partial charge in [0.25, 0.3) is 0 Å². The number of hydrogen-bond donors (Lipinski definition) is 2. The number of rotatable bonds is 2. The fourth-order valence-electron chi connectivity index (χ4n) is 3.05. The Balaban J connectivity index is 2.36. The molecule has 2 rings (SSSR count). The highest BCUT2D eigenvalue weighted by Gasteiger charge is 2.58. The van der Waals surface area contributed by atoms with E-state index in [1.165, 1.54) is 0 Å². The minimum Gasteiger partial charge on any atom is -0.369 e. The Morgan fingerprint density at radius 1 is 1.15 bits per heavy atom. The van der Waals surface area contributed by atoms with Gasteiger partial charge in [-0.25, -0.2) is 0 Å². The smallest absolute Gasteiger partial charge is 0.233 e.